The third kappa shape index (κ3) is 6.70. The Balaban J connectivity index is 1.91. The number of rotatable bonds is 9. The molecule has 2 rings (SSSR count). The number of aromatic nitrogens is 1. The number of hydrogen-bond donors (Lipinski definition) is 1. The molecule has 150 valence electrons. The zero-order valence-corrected chi connectivity index (χ0v) is 16.0. The van der Waals surface area contributed by atoms with Crippen LogP contribution in [-0.4, -0.2) is 60.3 Å². The van der Waals surface area contributed by atoms with E-state index >= 15 is 0 Å². The fourth-order valence-corrected chi connectivity index (χ4v) is 2.53. The lowest BCUT2D eigenvalue weighted by molar-refractivity contribution is -0.131. The second-order valence-electron chi connectivity index (χ2n) is 6.61. The van der Waals surface area contributed by atoms with Crippen LogP contribution < -0.4 is 5.32 Å². The fourth-order valence-electron chi connectivity index (χ4n) is 2.53. The van der Waals surface area contributed by atoms with Crippen LogP contribution in [0.3, 0.4) is 0 Å². The molecule has 0 unspecified atom stereocenters. The summed E-state index contributed by atoms with van der Waals surface area (Å²) < 4.78 is 26.6. The van der Waals surface area contributed by atoms with Gasteiger partial charge in [0.15, 0.2) is 0 Å². The van der Waals surface area contributed by atoms with Gasteiger partial charge >= 0.3 is 0 Å². The average Bonchev–Trinajstić information content (AvgIpc) is 2.65. The van der Waals surface area contributed by atoms with Gasteiger partial charge in [0.1, 0.15) is 11.6 Å². The molecule has 2 aromatic rings. The van der Waals surface area contributed by atoms with Crippen molar-refractivity contribution in [2.75, 3.05) is 33.7 Å². The van der Waals surface area contributed by atoms with Crippen molar-refractivity contribution in [1.29, 1.82) is 0 Å². The first-order valence-electron chi connectivity index (χ1n) is 8.91. The van der Waals surface area contributed by atoms with Crippen LogP contribution in [0.5, 0.6) is 0 Å². The highest BCUT2D eigenvalue weighted by atomic mass is 19.1. The molecule has 1 N–H and O–H groups in total. The molecule has 0 aliphatic carbocycles. The van der Waals surface area contributed by atoms with Crippen molar-refractivity contribution in [3.05, 3.63) is 65.5 Å². The SMILES string of the molecule is CN(C)CCN(Cc1cccnc1)C(=O)CCNC(=O)c1ccc(F)cc1F. The van der Waals surface area contributed by atoms with E-state index in [0.29, 0.717) is 25.7 Å². The van der Waals surface area contributed by atoms with Gasteiger partial charge in [0.25, 0.3) is 5.91 Å². The minimum atomic E-state index is -0.937. The third-order valence-corrected chi connectivity index (χ3v) is 4.07. The van der Waals surface area contributed by atoms with Crippen molar-refractivity contribution in [3.8, 4) is 0 Å². The number of hydrogen-bond acceptors (Lipinski definition) is 4. The molecule has 1 aromatic heterocycles. The highest BCUT2D eigenvalue weighted by Gasteiger charge is 2.16. The fraction of sp³-hybridized carbons (Fsp3) is 0.350. The molecule has 0 atom stereocenters. The van der Waals surface area contributed by atoms with Crippen LogP contribution in [0.4, 0.5) is 8.78 Å². The van der Waals surface area contributed by atoms with E-state index in [1.165, 1.54) is 0 Å². The van der Waals surface area contributed by atoms with E-state index in [9.17, 15) is 18.4 Å². The number of nitrogens with one attached hydrogen (secondary N) is 1. The molecule has 6 nitrogen and oxygen atoms in total. The maximum absolute atomic E-state index is 13.6. The molecular formula is C20H24F2N4O2. The Morgan fingerprint density at radius 1 is 1.14 bits per heavy atom. The van der Waals surface area contributed by atoms with Gasteiger partial charge in [-0.1, -0.05) is 6.07 Å². The Bertz CT molecular complexity index is 800. The first kappa shape index (κ1) is 21.4. The van der Waals surface area contributed by atoms with Crippen molar-refractivity contribution in [2.24, 2.45) is 0 Å². The summed E-state index contributed by atoms with van der Waals surface area (Å²) in [6, 6.07) is 6.44. The van der Waals surface area contributed by atoms with Crippen LogP contribution in [0.15, 0.2) is 42.7 Å². The predicted octanol–water partition coefficient (Wildman–Crippen LogP) is 2.07. The Morgan fingerprint density at radius 2 is 1.93 bits per heavy atom. The number of likely N-dealkylation sites (N-methyl/N-ethyl adjacent to an activating group) is 1. The number of halogens is 2. The smallest absolute Gasteiger partial charge is 0.254 e. The third-order valence-electron chi connectivity index (χ3n) is 4.07. The van der Waals surface area contributed by atoms with E-state index in [1.807, 2.05) is 25.1 Å². The predicted molar refractivity (Wildman–Crippen MR) is 102 cm³/mol. The molecule has 1 heterocycles. The van der Waals surface area contributed by atoms with Crippen LogP contribution in [0.25, 0.3) is 0 Å². The Morgan fingerprint density at radius 3 is 2.57 bits per heavy atom. The maximum Gasteiger partial charge on any atom is 0.254 e. The van der Waals surface area contributed by atoms with Gasteiger partial charge in [-0.05, 0) is 37.9 Å². The summed E-state index contributed by atoms with van der Waals surface area (Å²) in [5, 5.41) is 2.50. The number of amides is 2. The Kier molecular flexibility index (Phi) is 8.01. The van der Waals surface area contributed by atoms with E-state index in [1.54, 1.807) is 23.4 Å². The van der Waals surface area contributed by atoms with Crippen molar-refractivity contribution in [1.82, 2.24) is 20.1 Å². The summed E-state index contributed by atoms with van der Waals surface area (Å²) >= 11 is 0. The summed E-state index contributed by atoms with van der Waals surface area (Å²) in [5.74, 6) is -2.51. The van der Waals surface area contributed by atoms with Crippen molar-refractivity contribution < 1.29 is 18.4 Å². The van der Waals surface area contributed by atoms with Crippen molar-refractivity contribution in [2.45, 2.75) is 13.0 Å². The van der Waals surface area contributed by atoms with Gasteiger partial charge in [0.2, 0.25) is 5.91 Å². The van der Waals surface area contributed by atoms with Crippen molar-refractivity contribution >= 4 is 11.8 Å². The molecule has 0 radical (unpaired) electrons. The van der Waals surface area contributed by atoms with Gasteiger partial charge in [-0.15, -0.1) is 0 Å². The van der Waals surface area contributed by atoms with Gasteiger partial charge in [-0.25, -0.2) is 8.78 Å². The lowest BCUT2D eigenvalue weighted by Crippen LogP contribution is -2.38. The number of nitrogens with zero attached hydrogens (tertiary/aromatic N) is 3. The highest BCUT2D eigenvalue weighted by Crippen LogP contribution is 2.09. The molecule has 8 heteroatoms. The van der Waals surface area contributed by atoms with Crippen LogP contribution >= 0.6 is 0 Å². The molecule has 0 saturated heterocycles. The monoisotopic (exact) mass is 390 g/mol. The molecule has 0 spiro atoms. The maximum atomic E-state index is 13.6. The standard InChI is InChI=1S/C20H24F2N4O2/c1-25(2)10-11-26(14-15-4-3-8-23-13-15)19(27)7-9-24-20(28)17-6-5-16(21)12-18(17)22/h3-6,8,12-13H,7,9-11,14H2,1-2H3,(H,24,28). The van der Waals surface area contributed by atoms with Crippen LogP contribution in [-0.2, 0) is 11.3 Å². The lowest BCUT2D eigenvalue weighted by atomic mass is 10.2. The summed E-state index contributed by atoms with van der Waals surface area (Å²) in [4.78, 5) is 32.4. The molecule has 0 aliphatic heterocycles. The van der Waals surface area contributed by atoms with Crippen LogP contribution in [0.2, 0.25) is 0 Å². The van der Waals surface area contributed by atoms with Crippen LogP contribution in [0.1, 0.15) is 22.3 Å². The first-order chi connectivity index (χ1) is 13.4. The zero-order chi connectivity index (χ0) is 20.5. The van der Waals surface area contributed by atoms with Crippen LogP contribution in [0, 0.1) is 11.6 Å². The topological polar surface area (TPSA) is 65.5 Å². The second kappa shape index (κ2) is 10.5. The Hall–Kier alpha value is -2.87. The van der Waals surface area contributed by atoms with E-state index in [2.05, 4.69) is 10.3 Å². The first-order valence-corrected chi connectivity index (χ1v) is 8.91. The molecule has 0 bridgehead atoms. The highest BCUT2D eigenvalue weighted by molar-refractivity contribution is 5.94. The number of benzene rings is 1. The minimum Gasteiger partial charge on any atom is -0.351 e. The Labute approximate surface area is 163 Å². The molecule has 0 saturated carbocycles. The van der Waals surface area contributed by atoms with E-state index in [0.717, 1.165) is 17.7 Å². The number of pyridine rings is 1. The summed E-state index contributed by atoms with van der Waals surface area (Å²) in [6.07, 6.45) is 3.44. The lowest BCUT2D eigenvalue weighted by Gasteiger charge is -2.24. The summed E-state index contributed by atoms with van der Waals surface area (Å²) in [5.41, 5.74) is 0.653. The second-order valence-corrected chi connectivity index (χ2v) is 6.61. The molecule has 0 fully saturated rings. The zero-order valence-electron chi connectivity index (χ0n) is 16.0. The summed E-state index contributed by atoms with van der Waals surface area (Å²) in [6.45, 7) is 1.70. The van der Waals surface area contributed by atoms with Crippen molar-refractivity contribution in [3.63, 3.8) is 0 Å². The van der Waals surface area contributed by atoms with Gasteiger partial charge < -0.3 is 15.1 Å². The van der Waals surface area contributed by atoms with Gasteiger partial charge in [0.05, 0.1) is 5.56 Å². The number of carbonyl (C=O) groups is 2. The van der Waals surface area contributed by atoms with Gasteiger partial charge in [-0.2, -0.15) is 0 Å². The molecule has 1 aromatic carbocycles. The van der Waals surface area contributed by atoms with Gasteiger partial charge in [0, 0.05) is 51.1 Å². The quantitative estimate of drug-likeness (QED) is 0.712. The minimum absolute atomic E-state index is 0.0555. The van der Waals surface area contributed by atoms with Gasteiger partial charge in [-0.3, -0.25) is 14.6 Å². The normalized spacial score (nSPS) is 10.8. The summed E-state index contributed by atoms with van der Waals surface area (Å²) in [7, 11) is 3.84. The van der Waals surface area contributed by atoms with E-state index < -0.39 is 17.5 Å². The molecule has 28 heavy (non-hydrogen) atoms. The molecule has 2 amide bonds. The number of carbonyl (C=O) groups excluding carboxylic acids is 2. The largest absolute Gasteiger partial charge is 0.351 e. The molecular weight excluding hydrogens is 366 g/mol. The van der Waals surface area contributed by atoms with E-state index in [4.69, 9.17) is 0 Å². The molecule has 0 aliphatic rings. The van der Waals surface area contributed by atoms with E-state index in [-0.39, 0.29) is 24.4 Å². The average molecular weight is 390 g/mol.